The number of hydrogen-bond donors (Lipinski definition) is 0. The molecule has 28 valence electrons. The molecule has 0 unspecified atom stereocenters. The van der Waals surface area contributed by atoms with Crippen LogP contribution in [0, 0.1) is 49.4 Å². The second kappa shape index (κ2) is 5.53. The van der Waals surface area contributed by atoms with Crippen molar-refractivity contribution in [2.75, 3.05) is 0 Å². The molecule has 0 aromatic heterocycles. The zero-order valence-electron chi connectivity index (χ0n) is 2.18. The van der Waals surface area contributed by atoms with E-state index < -0.39 is 7.32 Å². The molecule has 0 fully saturated rings. The fourth-order valence-corrected chi connectivity index (χ4v) is 0. The van der Waals surface area contributed by atoms with Gasteiger partial charge < -0.3 is 15.1 Å². The van der Waals surface area contributed by atoms with E-state index in [2.05, 4.69) is 0 Å². The summed E-state index contributed by atoms with van der Waals surface area (Å²) in [5.74, 6) is 0. The van der Waals surface area contributed by atoms with Crippen molar-refractivity contribution in [3.63, 3.8) is 0 Å². The normalized spacial score (nSPS) is 5.40. The molecule has 0 saturated heterocycles. The Hall–Kier alpha value is 1.53. The molecular weight excluding hydrogens is 211 g/mol. The molecule has 3 nitrogen and oxygen atoms in total. The van der Waals surface area contributed by atoms with E-state index in [0.29, 0.717) is 0 Å². The van der Waals surface area contributed by atoms with Crippen LogP contribution in [0.15, 0.2) is 0 Å². The van der Waals surface area contributed by atoms with Gasteiger partial charge in [-0.25, -0.2) is 0 Å². The Bertz CT molecular complexity index is 11.6. The summed E-state index contributed by atoms with van der Waals surface area (Å²) in [5.41, 5.74) is 0. The van der Waals surface area contributed by atoms with Crippen molar-refractivity contribution in [1.29, 1.82) is 0 Å². The quantitative estimate of drug-likeness (QED) is 0.384. The van der Waals surface area contributed by atoms with Gasteiger partial charge in [0.05, 0.1) is 0 Å². The van der Waals surface area contributed by atoms with Gasteiger partial charge in [-0.05, 0) is 0 Å². The maximum absolute atomic E-state index is 8.42. The Kier molecular flexibility index (Phi) is 10.8. The van der Waals surface area contributed by atoms with E-state index in [0.717, 1.165) is 0 Å². The van der Waals surface area contributed by atoms with Crippen LogP contribution in [0.2, 0.25) is 0 Å². The average Bonchev–Trinajstić information content (AvgIpc) is 0.811. The minimum absolute atomic E-state index is 0. The Morgan fingerprint density at radius 1 is 1.00 bits per heavy atom. The molecular formula is BEuO3. The third kappa shape index (κ3) is 29.4. The molecule has 0 aliphatic carbocycles. The molecule has 0 bridgehead atoms. The maximum Gasteiger partial charge on any atom is 3.00 e. The van der Waals surface area contributed by atoms with Crippen molar-refractivity contribution >= 4 is 7.32 Å². The fraction of sp³-hybridized carbons (Fsp3) is 0. The van der Waals surface area contributed by atoms with Crippen LogP contribution in [-0.4, -0.2) is 7.32 Å². The van der Waals surface area contributed by atoms with Gasteiger partial charge in [-0.2, -0.15) is 0 Å². The Balaban J connectivity index is 0. The van der Waals surface area contributed by atoms with Crippen molar-refractivity contribution in [1.82, 2.24) is 0 Å². The van der Waals surface area contributed by atoms with Crippen molar-refractivity contribution in [2.45, 2.75) is 0 Å². The molecule has 0 amide bonds. The van der Waals surface area contributed by atoms with E-state index in [9.17, 15) is 0 Å². The third-order valence-electron chi connectivity index (χ3n) is 0. The number of hydrogen-bond acceptors (Lipinski definition) is 3. The first-order valence-electron chi connectivity index (χ1n) is 0.707. The standard InChI is InChI=1S/BO3.Eu/c2-1(3)4;/q-3;+3. The van der Waals surface area contributed by atoms with Gasteiger partial charge in [0, 0.05) is 0 Å². The molecule has 0 aliphatic heterocycles. The van der Waals surface area contributed by atoms with Crippen molar-refractivity contribution in [3.8, 4) is 0 Å². The summed E-state index contributed by atoms with van der Waals surface area (Å²) in [6.07, 6.45) is 0. The van der Waals surface area contributed by atoms with Crippen molar-refractivity contribution in [2.24, 2.45) is 0 Å². The van der Waals surface area contributed by atoms with Gasteiger partial charge in [0.25, 0.3) is 0 Å². The van der Waals surface area contributed by atoms with Gasteiger partial charge in [0.2, 0.25) is 0 Å². The van der Waals surface area contributed by atoms with E-state index in [-0.39, 0.29) is 49.4 Å². The van der Waals surface area contributed by atoms with Crippen LogP contribution in [0.5, 0.6) is 0 Å². The summed E-state index contributed by atoms with van der Waals surface area (Å²) in [7, 11) is -2.92. The molecule has 0 heterocycles. The molecule has 0 aromatic carbocycles. The second-order valence-electron chi connectivity index (χ2n) is 0.289. The molecule has 0 saturated carbocycles. The predicted molar refractivity (Wildman–Crippen MR) is 5.75 cm³/mol. The van der Waals surface area contributed by atoms with E-state index in [1.165, 1.54) is 0 Å². The maximum atomic E-state index is 8.42. The molecule has 0 atom stereocenters. The first-order valence-corrected chi connectivity index (χ1v) is 0.707. The minimum Gasteiger partial charge on any atom is -0.907 e. The Morgan fingerprint density at radius 2 is 1.00 bits per heavy atom. The summed E-state index contributed by atoms with van der Waals surface area (Å²) in [4.78, 5) is 0. The van der Waals surface area contributed by atoms with Gasteiger partial charge in [-0.1, -0.05) is 0 Å². The zero-order chi connectivity index (χ0) is 3.58. The van der Waals surface area contributed by atoms with Gasteiger partial charge in [-0.15, -0.1) is 0 Å². The van der Waals surface area contributed by atoms with Crippen LogP contribution in [0.3, 0.4) is 0 Å². The first-order chi connectivity index (χ1) is 1.73. The SMILES string of the molecule is [Eu+3].[O-]B([O-])[O-]. The Labute approximate surface area is 70.7 Å². The fourth-order valence-electron chi connectivity index (χ4n) is 0. The van der Waals surface area contributed by atoms with Crippen LogP contribution in [0.4, 0.5) is 0 Å². The summed E-state index contributed by atoms with van der Waals surface area (Å²) < 4.78 is 0. The van der Waals surface area contributed by atoms with E-state index >= 15 is 0 Å². The second-order valence-corrected chi connectivity index (χ2v) is 0.289. The summed E-state index contributed by atoms with van der Waals surface area (Å²) in [5, 5.41) is 25.2. The van der Waals surface area contributed by atoms with E-state index in [1.54, 1.807) is 0 Å². The van der Waals surface area contributed by atoms with E-state index in [4.69, 9.17) is 15.1 Å². The summed E-state index contributed by atoms with van der Waals surface area (Å²) in [6, 6.07) is 0. The van der Waals surface area contributed by atoms with Crippen LogP contribution in [0.1, 0.15) is 0 Å². The average molecular weight is 211 g/mol. The molecule has 0 rings (SSSR count). The third-order valence-corrected chi connectivity index (χ3v) is 0. The minimum atomic E-state index is -2.92. The topological polar surface area (TPSA) is 69.2 Å². The Morgan fingerprint density at radius 3 is 1.00 bits per heavy atom. The zero-order valence-corrected chi connectivity index (χ0v) is 4.61. The molecule has 0 radical (unpaired) electrons. The van der Waals surface area contributed by atoms with E-state index in [1.807, 2.05) is 0 Å². The van der Waals surface area contributed by atoms with Crippen molar-refractivity contribution in [3.05, 3.63) is 0 Å². The molecule has 0 aliphatic rings. The smallest absolute Gasteiger partial charge is 0.907 e. The summed E-state index contributed by atoms with van der Waals surface area (Å²) >= 11 is 0. The number of rotatable bonds is 0. The molecule has 0 aromatic rings. The predicted octanol–water partition coefficient (Wildman–Crippen LogP) is -3.95. The van der Waals surface area contributed by atoms with Crippen LogP contribution < -0.4 is 15.1 Å². The monoisotopic (exact) mass is 212 g/mol. The first kappa shape index (κ1) is 9.73. The largest absolute Gasteiger partial charge is 3.00 e. The van der Waals surface area contributed by atoms with Gasteiger partial charge in [0.15, 0.2) is 0 Å². The van der Waals surface area contributed by atoms with Crippen molar-refractivity contribution < 1.29 is 64.4 Å². The molecule has 5 heavy (non-hydrogen) atoms. The molecule has 0 spiro atoms. The van der Waals surface area contributed by atoms with Crippen LogP contribution in [-0.2, 0) is 0 Å². The van der Waals surface area contributed by atoms with Gasteiger partial charge in [-0.3, -0.25) is 7.32 Å². The van der Waals surface area contributed by atoms with Gasteiger partial charge >= 0.3 is 49.4 Å². The van der Waals surface area contributed by atoms with Gasteiger partial charge in [0.1, 0.15) is 0 Å². The summed E-state index contributed by atoms with van der Waals surface area (Å²) in [6.45, 7) is 0. The molecule has 0 N–H and O–H groups in total. The molecule has 5 heteroatoms. The van der Waals surface area contributed by atoms with Crippen LogP contribution >= 0.6 is 0 Å². The van der Waals surface area contributed by atoms with Crippen LogP contribution in [0.25, 0.3) is 0 Å².